The highest BCUT2D eigenvalue weighted by molar-refractivity contribution is 7.12. The molecule has 1 atom stereocenters. The topological polar surface area (TPSA) is 24.9 Å². The molecule has 0 aromatic carbocycles. The molecule has 2 heterocycles. The maximum absolute atomic E-state index is 4.84. The van der Waals surface area contributed by atoms with Crippen molar-refractivity contribution in [1.29, 1.82) is 0 Å². The van der Waals surface area contributed by atoms with Crippen LogP contribution in [0.3, 0.4) is 0 Å². The molecule has 110 valence electrons. The number of hydrogen-bond donors (Lipinski definition) is 1. The molecule has 0 fully saturated rings. The molecule has 0 bridgehead atoms. The minimum Gasteiger partial charge on any atom is -0.301 e. The second kappa shape index (κ2) is 6.83. The van der Waals surface area contributed by atoms with Crippen molar-refractivity contribution >= 4 is 22.7 Å². The molecule has 2 aromatic heterocycles. The Bertz CT molecular complexity index is 540. The van der Waals surface area contributed by atoms with Gasteiger partial charge in [0.05, 0.1) is 11.7 Å². The zero-order valence-electron chi connectivity index (χ0n) is 12.9. The van der Waals surface area contributed by atoms with Gasteiger partial charge in [0.2, 0.25) is 0 Å². The normalized spacial score (nSPS) is 13.3. The van der Waals surface area contributed by atoms with Gasteiger partial charge in [-0.25, -0.2) is 4.98 Å². The largest absolute Gasteiger partial charge is 0.301 e. The van der Waals surface area contributed by atoms with E-state index in [1.807, 2.05) is 11.3 Å². The number of nitrogens with one attached hydrogen (secondary N) is 1. The molecule has 2 nitrogen and oxygen atoms in total. The Balaban J connectivity index is 2.30. The van der Waals surface area contributed by atoms with Crippen LogP contribution in [-0.2, 0) is 6.42 Å². The Morgan fingerprint density at radius 2 is 1.95 bits per heavy atom. The van der Waals surface area contributed by atoms with Gasteiger partial charge in [-0.15, -0.1) is 22.7 Å². The average Bonchev–Trinajstić information content (AvgIpc) is 3.05. The van der Waals surface area contributed by atoms with Crippen molar-refractivity contribution < 1.29 is 0 Å². The number of thiazole rings is 1. The van der Waals surface area contributed by atoms with E-state index < -0.39 is 0 Å². The van der Waals surface area contributed by atoms with Crippen molar-refractivity contribution in [2.75, 3.05) is 0 Å². The molecule has 0 spiro atoms. The van der Waals surface area contributed by atoms with Gasteiger partial charge in [-0.05, 0) is 38.3 Å². The molecular formula is C16H24N2S2. The van der Waals surface area contributed by atoms with Gasteiger partial charge in [-0.3, -0.25) is 0 Å². The fraction of sp³-hybridized carbons (Fsp3) is 0.562. The summed E-state index contributed by atoms with van der Waals surface area (Å²) in [5.41, 5.74) is 1.20. The van der Waals surface area contributed by atoms with Crippen LogP contribution in [0, 0.1) is 0 Å². The van der Waals surface area contributed by atoms with Crippen LogP contribution in [0.2, 0.25) is 0 Å². The summed E-state index contributed by atoms with van der Waals surface area (Å²) in [5.74, 6) is 0.495. The standard InChI is InChI=1S/C16H24N2S2/c1-6-12-7-8-14(20-12)15(17-11(4)5)16-18-13(9-19-16)10(2)3/h7-11,15,17H,6H2,1-5H3. The zero-order chi connectivity index (χ0) is 14.7. The molecule has 20 heavy (non-hydrogen) atoms. The van der Waals surface area contributed by atoms with Gasteiger partial charge in [-0.1, -0.05) is 20.8 Å². The predicted octanol–water partition coefficient (Wildman–Crippen LogP) is 4.98. The molecule has 0 aliphatic rings. The summed E-state index contributed by atoms with van der Waals surface area (Å²) in [6.45, 7) is 11.0. The first kappa shape index (κ1) is 15.7. The van der Waals surface area contributed by atoms with Crippen LogP contribution >= 0.6 is 22.7 Å². The minimum atomic E-state index is 0.234. The van der Waals surface area contributed by atoms with Gasteiger partial charge in [0.1, 0.15) is 5.01 Å². The molecule has 0 saturated heterocycles. The van der Waals surface area contributed by atoms with Crippen LogP contribution in [0.15, 0.2) is 17.5 Å². The molecule has 0 amide bonds. The van der Waals surface area contributed by atoms with Gasteiger partial charge >= 0.3 is 0 Å². The van der Waals surface area contributed by atoms with Gasteiger partial charge in [0.15, 0.2) is 0 Å². The van der Waals surface area contributed by atoms with Crippen LogP contribution in [0.25, 0.3) is 0 Å². The molecule has 0 aliphatic heterocycles. The van der Waals surface area contributed by atoms with E-state index in [0.29, 0.717) is 12.0 Å². The van der Waals surface area contributed by atoms with Gasteiger partial charge in [0.25, 0.3) is 0 Å². The second-order valence-corrected chi connectivity index (χ2v) is 7.77. The van der Waals surface area contributed by atoms with E-state index in [1.165, 1.54) is 20.5 Å². The maximum atomic E-state index is 4.84. The Hall–Kier alpha value is -0.710. The van der Waals surface area contributed by atoms with Crippen molar-refractivity contribution in [2.45, 2.75) is 59.0 Å². The quantitative estimate of drug-likeness (QED) is 0.814. The molecule has 0 saturated carbocycles. The number of hydrogen-bond acceptors (Lipinski definition) is 4. The monoisotopic (exact) mass is 308 g/mol. The van der Waals surface area contributed by atoms with Crippen molar-refractivity contribution in [3.8, 4) is 0 Å². The van der Waals surface area contributed by atoms with Gasteiger partial charge in [0, 0.05) is 21.2 Å². The summed E-state index contributed by atoms with van der Waals surface area (Å²) in [4.78, 5) is 7.65. The molecule has 2 rings (SSSR count). The first-order valence-electron chi connectivity index (χ1n) is 7.31. The van der Waals surface area contributed by atoms with Crippen LogP contribution in [0.5, 0.6) is 0 Å². The Labute approximate surface area is 130 Å². The number of aryl methyl sites for hydroxylation is 1. The number of rotatable bonds is 6. The Morgan fingerprint density at radius 3 is 2.45 bits per heavy atom. The summed E-state index contributed by atoms with van der Waals surface area (Å²) < 4.78 is 0. The second-order valence-electron chi connectivity index (χ2n) is 5.68. The van der Waals surface area contributed by atoms with Crippen LogP contribution in [-0.4, -0.2) is 11.0 Å². The lowest BCUT2D eigenvalue weighted by atomic mass is 10.1. The minimum absolute atomic E-state index is 0.234. The number of thiophene rings is 1. The molecular weight excluding hydrogens is 284 g/mol. The highest BCUT2D eigenvalue weighted by Crippen LogP contribution is 2.32. The molecule has 4 heteroatoms. The summed E-state index contributed by atoms with van der Waals surface area (Å²) in [6.07, 6.45) is 1.11. The van der Waals surface area contributed by atoms with E-state index in [9.17, 15) is 0 Å². The van der Waals surface area contributed by atoms with Crippen molar-refractivity contribution in [3.63, 3.8) is 0 Å². The van der Waals surface area contributed by atoms with E-state index in [-0.39, 0.29) is 6.04 Å². The summed E-state index contributed by atoms with van der Waals surface area (Å²) in [7, 11) is 0. The van der Waals surface area contributed by atoms with Crippen LogP contribution in [0.1, 0.15) is 67.0 Å². The lowest BCUT2D eigenvalue weighted by molar-refractivity contribution is 0.531. The third kappa shape index (κ3) is 3.68. The number of aromatic nitrogens is 1. The fourth-order valence-electron chi connectivity index (χ4n) is 2.05. The van der Waals surface area contributed by atoms with Gasteiger partial charge < -0.3 is 5.32 Å². The van der Waals surface area contributed by atoms with E-state index in [2.05, 4.69) is 57.4 Å². The molecule has 0 radical (unpaired) electrons. The third-order valence-electron chi connectivity index (χ3n) is 3.19. The van der Waals surface area contributed by atoms with Crippen LogP contribution < -0.4 is 5.32 Å². The first-order valence-corrected chi connectivity index (χ1v) is 9.00. The summed E-state index contributed by atoms with van der Waals surface area (Å²) in [5, 5.41) is 7.05. The van der Waals surface area contributed by atoms with Gasteiger partial charge in [-0.2, -0.15) is 0 Å². The fourth-order valence-corrected chi connectivity index (χ4v) is 4.19. The number of nitrogens with zero attached hydrogens (tertiary/aromatic N) is 1. The molecule has 1 N–H and O–H groups in total. The SMILES string of the molecule is CCc1ccc(C(NC(C)C)c2nc(C(C)C)cs2)s1. The van der Waals surface area contributed by atoms with E-state index in [4.69, 9.17) is 4.98 Å². The highest BCUT2D eigenvalue weighted by Gasteiger charge is 2.21. The molecule has 1 unspecified atom stereocenters. The lowest BCUT2D eigenvalue weighted by Crippen LogP contribution is -2.28. The molecule has 0 aliphatic carbocycles. The van der Waals surface area contributed by atoms with Crippen molar-refractivity contribution in [3.05, 3.63) is 38.0 Å². The predicted molar refractivity (Wildman–Crippen MR) is 90.0 cm³/mol. The third-order valence-corrected chi connectivity index (χ3v) is 5.42. The van der Waals surface area contributed by atoms with E-state index in [1.54, 1.807) is 11.3 Å². The lowest BCUT2D eigenvalue weighted by Gasteiger charge is -2.18. The van der Waals surface area contributed by atoms with Crippen molar-refractivity contribution in [1.82, 2.24) is 10.3 Å². The molecule has 2 aromatic rings. The van der Waals surface area contributed by atoms with E-state index in [0.717, 1.165) is 6.42 Å². The average molecular weight is 309 g/mol. The Morgan fingerprint density at radius 1 is 1.20 bits per heavy atom. The Kier molecular flexibility index (Phi) is 5.35. The maximum Gasteiger partial charge on any atom is 0.115 e. The van der Waals surface area contributed by atoms with E-state index >= 15 is 0 Å². The summed E-state index contributed by atoms with van der Waals surface area (Å²) >= 11 is 3.67. The zero-order valence-corrected chi connectivity index (χ0v) is 14.6. The summed E-state index contributed by atoms with van der Waals surface area (Å²) in [6, 6.07) is 5.17. The first-order chi connectivity index (χ1) is 9.51. The van der Waals surface area contributed by atoms with Crippen molar-refractivity contribution in [2.24, 2.45) is 0 Å². The smallest absolute Gasteiger partial charge is 0.115 e. The van der Waals surface area contributed by atoms with Crippen LogP contribution in [0.4, 0.5) is 0 Å². The highest BCUT2D eigenvalue weighted by atomic mass is 32.1.